The molecule has 0 spiro atoms. The predicted molar refractivity (Wildman–Crippen MR) is 57.7 cm³/mol. The van der Waals surface area contributed by atoms with Crippen LogP contribution in [0.15, 0.2) is 18.2 Å². The molecule has 17 heavy (non-hydrogen) atoms. The topological polar surface area (TPSA) is 37.4 Å². The Morgan fingerprint density at radius 1 is 1.35 bits per heavy atom. The standard InChI is InChI=1S/C11H8ClF2NO2/c12-11(17)9-3-4-10(16)15(9)6-1-2-7(13)8(14)5-6/h1-2,5,9H,3-4H2/t9-/m0/s1. The van der Waals surface area contributed by atoms with Gasteiger partial charge < -0.3 is 4.90 Å². The Labute approximate surface area is 101 Å². The van der Waals surface area contributed by atoms with E-state index in [-0.39, 0.29) is 18.0 Å². The van der Waals surface area contributed by atoms with Gasteiger partial charge in [0.1, 0.15) is 6.04 Å². The van der Waals surface area contributed by atoms with Crippen LogP contribution >= 0.6 is 11.6 Å². The van der Waals surface area contributed by atoms with E-state index in [1.807, 2.05) is 0 Å². The maximum absolute atomic E-state index is 13.1. The molecule has 2 rings (SSSR count). The van der Waals surface area contributed by atoms with Gasteiger partial charge in [-0.05, 0) is 30.2 Å². The Bertz CT molecular complexity index is 492. The van der Waals surface area contributed by atoms with Crippen molar-refractivity contribution >= 4 is 28.4 Å². The first kappa shape index (κ1) is 12.0. The van der Waals surface area contributed by atoms with Crippen molar-refractivity contribution in [3.8, 4) is 0 Å². The lowest BCUT2D eigenvalue weighted by atomic mass is 10.2. The third-order valence-corrected chi connectivity index (χ3v) is 2.91. The first-order chi connectivity index (χ1) is 8.00. The summed E-state index contributed by atoms with van der Waals surface area (Å²) in [5.41, 5.74) is 0.144. The number of halogens is 3. The van der Waals surface area contributed by atoms with Crippen LogP contribution in [0.4, 0.5) is 14.5 Å². The van der Waals surface area contributed by atoms with Crippen LogP contribution in [0.1, 0.15) is 12.8 Å². The summed E-state index contributed by atoms with van der Waals surface area (Å²) in [5, 5.41) is -0.680. The van der Waals surface area contributed by atoms with E-state index in [4.69, 9.17) is 11.6 Å². The van der Waals surface area contributed by atoms with Gasteiger partial charge >= 0.3 is 0 Å². The average Bonchev–Trinajstić information content (AvgIpc) is 2.64. The maximum atomic E-state index is 13.1. The van der Waals surface area contributed by atoms with Gasteiger partial charge in [0.2, 0.25) is 11.1 Å². The Kier molecular flexibility index (Phi) is 3.11. The molecular weight excluding hydrogens is 252 g/mol. The van der Waals surface area contributed by atoms with Crippen molar-refractivity contribution < 1.29 is 18.4 Å². The monoisotopic (exact) mass is 259 g/mol. The van der Waals surface area contributed by atoms with Gasteiger partial charge in [-0.3, -0.25) is 9.59 Å². The van der Waals surface area contributed by atoms with Gasteiger partial charge in [0.25, 0.3) is 0 Å². The molecule has 1 heterocycles. The van der Waals surface area contributed by atoms with Crippen LogP contribution in [0, 0.1) is 11.6 Å². The van der Waals surface area contributed by atoms with Crippen LogP contribution in [0.3, 0.4) is 0 Å². The highest BCUT2D eigenvalue weighted by Crippen LogP contribution is 2.28. The van der Waals surface area contributed by atoms with Gasteiger partial charge in [0, 0.05) is 18.2 Å². The molecule has 90 valence electrons. The van der Waals surface area contributed by atoms with Crippen LogP contribution in [-0.4, -0.2) is 17.2 Å². The van der Waals surface area contributed by atoms with Crippen LogP contribution in [0.2, 0.25) is 0 Å². The van der Waals surface area contributed by atoms with Crippen LogP contribution < -0.4 is 4.90 Å². The van der Waals surface area contributed by atoms with Gasteiger partial charge in [-0.25, -0.2) is 8.78 Å². The molecule has 1 saturated heterocycles. The van der Waals surface area contributed by atoms with Crippen molar-refractivity contribution in [2.24, 2.45) is 0 Å². The van der Waals surface area contributed by atoms with Crippen LogP contribution in [-0.2, 0) is 9.59 Å². The molecule has 6 heteroatoms. The summed E-state index contributed by atoms with van der Waals surface area (Å²) in [4.78, 5) is 23.8. The van der Waals surface area contributed by atoms with Crippen LogP contribution in [0.25, 0.3) is 0 Å². The molecule has 1 fully saturated rings. The van der Waals surface area contributed by atoms with E-state index < -0.39 is 22.9 Å². The molecule has 0 unspecified atom stereocenters. The Hall–Kier alpha value is -1.49. The lowest BCUT2D eigenvalue weighted by molar-refractivity contribution is -0.118. The van der Waals surface area contributed by atoms with Crippen molar-refractivity contribution in [1.82, 2.24) is 0 Å². The highest BCUT2D eigenvalue weighted by Gasteiger charge is 2.36. The SMILES string of the molecule is O=C(Cl)[C@@H]1CCC(=O)N1c1ccc(F)c(F)c1. The number of carbonyl (C=O) groups excluding carboxylic acids is 2. The van der Waals surface area contributed by atoms with Crippen molar-refractivity contribution in [2.45, 2.75) is 18.9 Å². The molecule has 1 aromatic rings. The van der Waals surface area contributed by atoms with E-state index in [1.54, 1.807) is 0 Å². The number of hydrogen-bond donors (Lipinski definition) is 0. The highest BCUT2D eigenvalue weighted by atomic mass is 35.5. The summed E-state index contributed by atoms with van der Waals surface area (Å²) in [6.07, 6.45) is 0.461. The van der Waals surface area contributed by atoms with Gasteiger partial charge in [-0.2, -0.15) is 0 Å². The quantitative estimate of drug-likeness (QED) is 0.764. The summed E-state index contributed by atoms with van der Waals surface area (Å²) in [5.74, 6) is -2.40. The van der Waals surface area contributed by atoms with E-state index in [1.165, 1.54) is 6.07 Å². The minimum absolute atomic E-state index is 0.144. The minimum atomic E-state index is -1.07. The third kappa shape index (κ3) is 2.15. The summed E-state index contributed by atoms with van der Waals surface area (Å²) >= 11 is 5.36. The fourth-order valence-electron chi connectivity index (χ4n) is 1.86. The Balaban J connectivity index is 2.39. The summed E-state index contributed by atoms with van der Waals surface area (Å²) in [7, 11) is 0. The zero-order valence-electron chi connectivity index (χ0n) is 8.62. The normalized spacial score (nSPS) is 19.8. The van der Waals surface area contributed by atoms with Gasteiger partial charge in [0.05, 0.1) is 0 Å². The number of benzene rings is 1. The minimum Gasteiger partial charge on any atom is -0.300 e. The second kappa shape index (κ2) is 4.41. The van der Waals surface area contributed by atoms with E-state index >= 15 is 0 Å². The molecule has 0 N–H and O–H groups in total. The lowest BCUT2D eigenvalue weighted by Crippen LogP contribution is -2.36. The molecular formula is C11H8ClF2NO2. The first-order valence-electron chi connectivity index (χ1n) is 4.97. The fraction of sp³-hybridized carbons (Fsp3) is 0.273. The molecule has 1 amide bonds. The molecule has 0 radical (unpaired) electrons. The molecule has 0 aliphatic carbocycles. The predicted octanol–water partition coefficient (Wildman–Crippen LogP) is 2.23. The zero-order valence-corrected chi connectivity index (χ0v) is 9.38. The largest absolute Gasteiger partial charge is 0.300 e. The summed E-state index contributed by atoms with van der Waals surface area (Å²) in [6.45, 7) is 0. The molecule has 1 atom stereocenters. The highest BCUT2D eigenvalue weighted by molar-refractivity contribution is 6.65. The molecule has 1 aliphatic rings. The summed E-state index contributed by atoms with van der Waals surface area (Å²) < 4.78 is 25.8. The average molecular weight is 260 g/mol. The lowest BCUT2D eigenvalue weighted by Gasteiger charge is -2.21. The molecule has 0 bridgehead atoms. The number of hydrogen-bond acceptors (Lipinski definition) is 2. The van der Waals surface area contributed by atoms with Crippen molar-refractivity contribution in [3.05, 3.63) is 29.8 Å². The van der Waals surface area contributed by atoms with Gasteiger partial charge in [0.15, 0.2) is 11.6 Å². The Morgan fingerprint density at radius 2 is 2.06 bits per heavy atom. The smallest absolute Gasteiger partial charge is 0.244 e. The van der Waals surface area contributed by atoms with Crippen molar-refractivity contribution in [1.29, 1.82) is 0 Å². The summed E-state index contributed by atoms with van der Waals surface area (Å²) in [6, 6.07) is 2.24. The fourth-order valence-corrected chi connectivity index (χ4v) is 2.06. The second-order valence-corrected chi connectivity index (χ2v) is 4.09. The molecule has 3 nitrogen and oxygen atoms in total. The molecule has 1 aliphatic heterocycles. The number of carbonyl (C=O) groups is 2. The van der Waals surface area contributed by atoms with E-state index in [9.17, 15) is 18.4 Å². The van der Waals surface area contributed by atoms with E-state index in [0.29, 0.717) is 6.42 Å². The van der Waals surface area contributed by atoms with E-state index in [2.05, 4.69) is 0 Å². The Morgan fingerprint density at radius 3 is 2.65 bits per heavy atom. The second-order valence-electron chi connectivity index (χ2n) is 3.72. The number of nitrogens with zero attached hydrogens (tertiary/aromatic N) is 1. The molecule has 0 saturated carbocycles. The van der Waals surface area contributed by atoms with Gasteiger partial charge in [-0.1, -0.05) is 0 Å². The number of anilines is 1. The zero-order chi connectivity index (χ0) is 12.6. The number of rotatable bonds is 2. The molecule has 1 aromatic carbocycles. The van der Waals surface area contributed by atoms with Crippen LogP contribution in [0.5, 0.6) is 0 Å². The first-order valence-corrected chi connectivity index (χ1v) is 5.35. The third-order valence-electron chi connectivity index (χ3n) is 2.66. The van der Waals surface area contributed by atoms with Crippen molar-refractivity contribution in [3.63, 3.8) is 0 Å². The number of amides is 1. The maximum Gasteiger partial charge on any atom is 0.244 e. The molecule has 0 aromatic heterocycles. The van der Waals surface area contributed by atoms with E-state index in [0.717, 1.165) is 17.0 Å². The van der Waals surface area contributed by atoms with Gasteiger partial charge in [-0.15, -0.1) is 0 Å². The van der Waals surface area contributed by atoms with Crippen molar-refractivity contribution in [2.75, 3.05) is 4.90 Å².